The Labute approximate surface area is 171 Å². The lowest BCUT2D eigenvalue weighted by Gasteiger charge is -2.37. The highest BCUT2D eigenvalue weighted by atomic mass is 19.4. The molecule has 1 heterocycles. The minimum atomic E-state index is -4.49. The molecule has 5 nitrogen and oxygen atoms in total. The summed E-state index contributed by atoms with van der Waals surface area (Å²) in [5, 5.41) is 9.36. The van der Waals surface area contributed by atoms with Crippen LogP contribution in [0.5, 0.6) is 0 Å². The number of carbonyl (C=O) groups is 2. The Morgan fingerprint density at radius 2 is 1.57 bits per heavy atom. The van der Waals surface area contributed by atoms with E-state index >= 15 is 0 Å². The molecule has 0 bridgehead atoms. The Balaban J connectivity index is 1.53. The van der Waals surface area contributed by atoms with Crippen LogP contribution in [0, 0.1) is 5.92 Å². The molecule has 1 aliphatic heterocycles. The van der Waals surface area contributed by atoms with Crippen molar-refractivity contribution < 1.29 is 32.6 Å². The summed E-state index contributed by atoms with van der Waals surface area (Å²) in [6.07, 6.45) is -6.11. The third-order valence-corrected chi connectivity index (χ3v) is 5.90. The summed E-state index contributed by atoms with van der Waals surface area (Å²) in [6, 6.07) is 14.0. The van der Waals surface area contributed by atoms with E-state index in [2.05, 4.69) is 0 Å². The highest BCUT2D eigenvalue weighted by molar-refractivity contribution is 5.81. The number of carboxylic acid groups (broad SMARTS) is 1. The van der Waals surface area contributed by atoms with Crippen molar-refractivity contribution in [1.82, 2.24) is 4.90 Å². The predicted octanol–water partition coefficient (Wildman–Crippen LogP) is 4.66. The van der Waals surface area contributed by atoms with Crippen LogP contribution >= 0.6 is 0 Å². The summed E-state index contributed by atoms with van der Waals surface area (Å²) >= 11 is 0. The predicted molar refractivity (Wildman–Crippen MR) is 102 cm³/mol. The zero-order chi connectivity index (χ0) is 21.5. The van der Waals surface area contributed by atoms with E-state index in [4.69, 9.17) is 4.74 Å². The lowest BCUT2D eigenvalue weighted by molar-refractivity contribution is -0.190. The molecule has 1 fully saturated rings. The highest BCUT2D eigenvalue weighted by Gasteiger charge is 2.47. The van der Waals surface area contributed by atoms with Crippen LogP contribution in [0.25, 0.3) is 11.1 Å². The van der Waals surface area contributed by atoms with Crippen LogP contribution in [0.3, 0.4) is 0 Å². The first kappa shape index (κ1) is 20.3. The minimum Gasteiger partial charge on any atom is -0.480 e. The molecule has 1 amide bonds. The monoisotopic (exact) mass is 419 g/mol. The Morgan fingerprint density at radius 1 is 1.00 bits per heavy atom. The number of alkyl halides is 3. The molecule has 0 aromatic heterocycles. The molecular weight excluding hydrogens is 399 g/mol. The van der Waals surface area contributed by atoms with E-state index in [1.54, 1.807) is 0 Å². The first-order valence-electron chi connectivity index (χ1n) is 9.68. The number of halogens is 3. The van der Waals surface area contributed by atoms with Crippen molar-refractivity contribution >= 4 is 12.1 Å². The van der Waals surface area contributed by atoms with Gasteiger partial charge in [-0.15, -0.1) is 0 Å². The largest absolute Gasteiger partial charge is 0.480 e. The number of nitrogens with zero attached hydrogens (tertiary/aromatic N) is 1. The van der Waals surface area contributed by atoms with E-state index in [0.29, 0.717) is 4.90 Å². The van der Waals surface area contributed by atoms with Gasteiger partial charge in [-0.2, -0.15) is 13.2 Å². The summed E-state index contributed by atoms with van der Waals surface area (Å²) in [7, 11) is 0. The number of aliphatic carboxylic acids is 1. The fourth-order valence-electron chi connectivity index (χ4n) is 4.37. The van der Waals surface area contributed by atoms with Gasteiger partial charge in [-0.3, -0.25) is 4.90 Å². The van der Waals surface area contributed by atoms with E-state index < -0.39 is 36.7 Å². The first-order chi connectivity index (χ1) is 14.3. The Kier molecular flexibility index (Phi) is 5.17. The molecule has 2 atom stereocenters. The molecule has 1 aliphatic carbocycles. The van der Waals surface area contributed by atoms with Crippen molar-refractivity contribution in [3.05, 3.63) is 59.7 Å². The number of likely N-dealkylation sites (tertiary alicyclic amines) is 1. The molecule has 158 valence electrons. The maximum atomic E-state index is 13.1. The van der Waals surface area contributed by atoms with Gasteiger partial charge in [-0.05, 0) is 35.1 Å². The third-order valence-electron chi connectivity index (χ3n) is 5.90. The van der Waals surface area contributed by atoms with Crippen LogP contribution in [0.2, 0.25) is 0 Å². The molecule has 1 N–H and O–H groups in total. The number of carbonyl (C=O) groups excluding carboxylic acids is 1. The van der Waals surface area contributed by atoms with Crippen molar-refractivity contribution in [2.24, 2.45) is 5.92 Å². The molecule has 0 spiro atoms. The van der Waals surface area contributed by atoms with Gasteiger partial charge in [0.05, 0.1) is 5.92 Å². The average Bonchev–Trinajstić information content (AvgIpc) is 3.04. The first-order valence-corrected chi connectivity index (χ1v) is 9.68. The average molecular weight is 419 g/mol. The number of ether oxygens (including phenoxy) is 1. The van der Waals surface area contributed by atoms with Crippen LogP contribution in [-0.4, -0.2) is 47.4 Å². The number of hydrogen-bond acceptors (Lipinski definition) is 3. The van der Waals surface area contributed by atoms with Gasteiger partial charge in [0.15, 0.2) is 0 Å². The standard InChI is InChI=1S/C22H20F3NO4/c23-22(24,25)13-9-10-19(20(27)28)26(11-13)21(29)30-12-18-16-7-3-1-5-14(16)15-6-2-4-8-17(15)18/h1-8,13,18-19H,9-12H2,(H,27,28). The van der Waals surface area contributed by atoms with Crippen molar-refractivity contribution in [3.8, 4) is 11.1 Å². The smallest absolute Gasteiger partial charge is 0.410 e. The fourth-order valence-corrected chi connectivity index (χ4v) is 4.37. The molecule has 2 aromatic carbocycles. The van der Waals surface area contributed by atoms with Gasteiger partial charge in [-0.1, -0.05) is 48.5 Å². The number of fused-ring (bicyclic) bond motifs is 3. The lowest BCUT2D eigenvalue weighted by atomic mass is 9.92. The van der Waals surface area contributed by atoms with Crippen molar-refractivity contribution in [1.29, 1.82) is 0 Å². The molecule has 0 saturated carbocycles. The summed E-state index contributed by atoms with van der Waals surface area (Å²) in [6.45, 7) is -0.788. The highest BCUT2D eigenvalue weighted by Crippen LogP contribution is 2.44. The zero-order valence-corrected chi connectivity index (χ0v) is 15.9. The van der Waals surface area contributed by atoms with Crippen LogP contribution in [0.4, 0.5) is 18.0 Å². The van der Waals surface area contributed by atoms with Gasteiger partial charge in [0.2, 0.25) is 0 Å². The zero-order valence-electron chi connectivity index (χ0n) is 15.9. The van der Waals surface area contributed by atoms with E-state index in [1.807, 2.05) is 48.5 Å². The second-order valence-electron chi connectivity index (χ2n) is 7.63. The van der Waals surface area contributed by atoms with E-state index in [-0.39, 0.29) is 25.4 Å². The molecule has 2 unspecified atom stereocenters. The summed E-state index contributed by atoms with van der Waals surface area (Å²) in [5.41, 5.74) is 3.97. The molecule has 4 rings (SSSR count). The number of rotatable bonds is 3. The normalized spacial score (nSPS) is 21.1. The quantitative estimate of drug-likeness (QED) is 0.786. The number of benzene rings is 2. The maximum Gasteiger partial charge on any atom is 0.410 e. The van der Waals surface area contributed by atoms with Crippen molar-refractivity contribution in [3.63, 3.8) is 0 Å². The molecule has 30 heavy (non-hydrogen) atoms. The van der Waals surface area contributed by atoms with E-state index in [1.165, 1.54) is 0 Å². The van der Waals surface area contributed by atoms with Gasteiger partial charge in [0, 0.05) is 12.5 Å². The second-order valence-corrected chi connectivity index (χ2v) is 7.63. The molecule has 1 saturated heterocycles. The number of piperidine rings is 1. The number of hydrogen-bond donors (Lipinski definition) is 1. The van der Waals surface area contributed by atoms with Gasteiger partial charge in [0.25, 0.3) is 0 Å². The van der Waals surface area contributed by atoms with Crippen LogP contribution in [0.15, 0.2) is 48.5 Å². The molecule has 2 aliphatic rings. The van der Waals surface area contributed by atoms with Crippen LogP contribution in [0.1, 0.15) is 29.9 Å². The summed E-state index contributed by atoms with van der Waals surface area (Å²) in [5.74, 6) is -3.34. The Hall–Kier alpha value is -3.03. The van der Waals surface area contributed by atoms with Crippen LogP contribution in [-0.2, 0) is 9.53 Å². The lowest BCUT2D eigenvalue weighted by Crippen LogP contribution is -2.53. The van der Waals surface area contributed by atoms with E-state index in [9.17, 15) is 27.9 Å². The summed E-state index contributed by atoms with van der Waals surface area (Å²) < 4.78 is 44.8. The Morgan fingerprint density at radius 3 is 2.10 bits per heavy atom. The fraction of sp³-hybridized carbons (Fsp3) is 0.364. The maximum absolute atomic E-state index is 13.1. The molecule has 2 aromatic rings. The SMILES string of the molecule is O=C(O)C1CCC(C(F)(F)F)CN1C(=O)OCC1c2ccccc2-c2ccccc21. The van der Waals surface area contributed by atoms with Gasteiger partial charge < -0.3 is 9.84 Å². The molecular formula is C22H20F3NO4. The topological polar surface area (TPSA) is 66.8 Å². The van der Waals surface area contributed by atoms with Crippen molar-refractivity contribution in [2.45, 2.75) is 31.0 Å². The van der Waals surface area contributed by atoms with Crippen LogP contribution < -0.4 is 0 Å². The number of amides is 1. The van der Waals surface area contributed by atoms with Crippen molar-refractivity contribution in [2.75, 3.05) is 13.2 Å². The number of carboxylic acids is 1. The van der Waals surface area contributed by atoms with Gasteiger partial charge in [-0.25, -0.2) is 9.59 Å². The summed E-state index contributed by atoms with van der Waals surface area (Å²) in [4.78, 5) is 24.8. The molecule has 8 heteroatoms. The van der Waals surface area contributed by atoms with Gasteiger partial charge >= 0.3 is 18.2 Å². The minimum absolute atomic E-state index is 0.0770. The second kappa shape index (κ2) is 7.66. The Bertz CT molecular complexity index is 929. The third kappa shape index (κ3) is 3.62. The molecule has 0 radical (unpaired) electrons. The van der Waals surface area contributed by atoms with E-state index in [0.717, 1.165) is 22.3 Å². The van der Waals surface area contributed by atoms with Gasteiger partial charge in [0.1, 0.15) is 12.6 Å².